The fraction of sp³-hybridized carbons (Fsp3) is 0.200. The van der Waals surface area contributed by atoms with E-state index in [9.17, 15) is 12.8 Å². The SMILES string of the molecule is CN(C)S(=O)(=O)c1cccc(CNc2ccccc2F)c1. The fourth-order valence-electron chi connectivity index (χ4n) is 1.83. The molecule has 2 aromatic carbocycles. The second-order valence-corrected chi connectivity index (χ2v) is 6.92. The number of sulfonamides is 1. The minimum Gasteiger partial charge on any atom is -0.379 e. The summed E-state index contributed by atoms with van der Waals surface area (Å²) in [7, 11) is -0.488. The molecule has 0 spiro atoms. The number of benzene rings is 2. The monoisotopic (exact) mass is 308 g/mol. The molecule has 0 saturated carbocycles. The van der Waals surface area contributed by atoms with Crippen molar-refractivity contribution in [3.63, 3.8) is 0 Å². The van der Waals surface area contributed by atoms with Crippen LogP contribution in [0.2, 0.25) is 0 Å². The van der Waals surface area contributed by atoms with Crippen LogP contribution in [-0.4, -0.2) is 26.8 Å². The zero-order chi connectivity index (χ0) is 15.5. The molecule has 4 nitrogen and oxygen atoms in total. The fourth-order valence-corrected chi connectivity index (χ4v) is 2.80. The first-order chi connectivity index (χ1) is 9.91. The third-order valence-corrected chi connectivity index (χ3v) is 4.84. The van der Waals surface area contributed by atoms with Crippen LogP contribution in [0.25, 0.3) is 0 Å². The lowest BCUT2D eigenvalue weighted by molar-refractivity contribution is 0.520. The van der Waals surface area contributed by atoms with Crippen molar-refractivity contribution in [1.29, 1.82) is 0 Å². The Labute approximate surface area is 124 Å². The Balaban J connectivity index is 2.18. The highest BCUT2D eigenvalue weighted by Gasteiger charge is 2.17. The van der Waals surface area contributed by atoms with E-state index in [0.29, 0.717) is 12.2 Å². The summed E-state index contributed by atoms with van der Waals surface area (Å²) in [6, 6.07) is 13.0. The van der Waals surface area contributed by atoms with Gasteiger partial charge >= 0.3 is 0 Å². The minimum absolute atomic E-state index is 0.223. The van der Waals surface area contributed by atoms with Crippen LogP contribution in [0.4, 0.5) is 10.1 Å². The Hall–Kier alpha value is -1.92. The molecule has 0 atom stereocenters. The lowest BCUT2D eigenvalue weighted by Crippen LogP contribution is -2.22. The molecular formula is C15H17FN2O2S. The Morgan fingerprint density at radius 3 is 2.48 bits per heavy atom. The van der Waals surface area contributed by atoms with Crippen LogP contribution in [0.15, 0.2) is 53.4 Å². The zero-order valence-corrected chi connectivity index (χ0v) is 12.7. The molecule has 0 aliphatic heterocycles. The van der Waals surface area contributed by atoms with E-state index in [1.807, 2.05) is 0 Å². The van der Waals surface area contributed by atoms with Gasteiger partial charge in [0.2, 0.25) is 10.0 Å². The number of rotatable bonds is 5. The third kappa shape index (κ3) is 3.59. The van der Waals surface area contributed by atoms with E-state index in [4.69, 9.17) is 0 Å². The lowest BCUT2D eigenvalue weighted by atomic mass is 10.2. The smallest absolute Gasteiger partial charge is 0.242 e. The maximum atomic E-state index is 13.5. The summed E-state index contributed by atoms with van der Waals surface area (Å²) >= 11 is 0. The molecule has 0 saturated heterocycles. The van der Waals surface area contributed by atoms with Gasteiger partial charge in [0.1, 0.15) is 5.82 Å². The largest absolute Gasteiger partial charge is 0.379 e. The van der Waals surface area contributed by atoms with Gasteiger partial charge in [0, 0.05) is 20.6 Å². The molecule has 1 N–H and O–H groups in total. The molecule has 0 bridgehead atoms. The van der Waals surface area contributed by atoms with Gasteiger partial charge in [0.15, 0.2) is 0 Å². The number of anilines is 1. The van der Waals surface area contributed by atoms with E-state index in [1.54, 1.807) is 42.5 Å². The number of para-hydroxylation sites is 1. The summed E-state index contributed by atoms with van der Waals surface area (Å²) in [5, 5.41) is 2.95. The number of nitrogens with one attached hydrogen (secondary N) is 1. The van der Waals surface area contributed by atoms with Crippen LogP contribution in [0.5, 0.6) is 0 Å². The van der Waals surface area contributed by atoms with E-state index in [-0.39, 0.29) is 10.7 Å². The van der Waals surface area contributed by atoms with Gasteiger partial charge in [-0.25, -0.2) is 17.1 Å². The van der Waals surface area contributed by atoms with Gasteiger partial charge < -0.3 is 5.32 Å². The predicted molar refractivity (Wildman–Crippen MR) is 81.0 cm³/mol. The highest BCUT2D eigenvalue weighted by molar-refractivity contribution is 7.89. The number of halogens is 1. The maximum Gasteiger partial charge on any atom is 0.242 e. The summed E-state index contributed by atoms with van der Waals surface area (Å²) in [5.74, 6) is -0.338. The first-order valence-corrected chi connectivity index (χ1v) is 7.85. The lowest BCUT2D eigenvalue weighted by Gasteiger charge is -2.13. The molecule has 0 heterocycles. The molecule has 0 radical (unpaired) electrons. The second-order valence-electron chi connectivity index (χ2n) is 4.77. The molecule has 2 aromatic rings. The molecule has 0 fully saturated rings. The van der Waals surface area contributed by atoms with Crippen LogP contribution in [0.3, 0.4) is 0 Å². The van der Waals surface area contributed by atoms with Crippen LogP contribution >= 0.6 is 0 Å². The van der Waals surface area contributed by atoms with Crippen LogP contribution in [0.1, 0.15) is 5.56 Å². The molecule has 2 rings (SSSR count). The molecule has 0 amide bonds. The molecule has 0 aromatic heterocycles. The van der Waals surface area contributed by atoms with Crippen molar-refractivity contribution in [3.8, 4) is 0 Å². The first kappa shape index (κ1) is 15.5. The topological polar surface area (TPSA) is 49.4 Å². The van der Waals surface area contributed by atoms with Crippen molar-refractivity contribution < 1.29 is 12.8 Å². The van der Waals surface area contributed by atoms with Crippen molar-refractivity contribution in [3.05, 3.63) is 59.9 Å². The Morgan fingerprint density at radius 2 is 1.81 bits per heavy atom. The van der Waals surface area contributed by atoms with Gasteiger partial charge in [-0.3, -0.25) is 0 Å². The van der Waals surface area contributed by atoms with E-state index in [0.717, 1.165) is 9.87 Å². The van der Waals surface area contributed by atoms with Gasteiger partial charge in [0.05, 0.1) is 10.6 Å². The van der Waals surface area contributed by atoms with E-state index < -0.39 is 10.0 Å². The quantitative estimate of drug-likeness (QED) is 0.924. The highest BCUT2D eigenvalue weighted by Crippen LogP contribution is 2.17. The average molecular weight is 308 g/mol. The summed E-state index contributed by atoms with van der Waals surface area (Å²) < 4.78 is 38.8. The van der Waals surface area contributed by atoms with Crippen molar-refractivity contribution in [2.45, 2.75) is 11.4 Å². The van der Waals surface area contributed by atoms with Gasteiger partial charge in [-0.2, -0.15) is 0 Å². The summed E-state index contributed by atoms with van der Waals surface area (Å²) in [6.07, 6.45) is 0. The molecule has 6 heteroatoms. The standard InChI is InChI=1S/C15H17FN2O2S/c1-18(2)21(19,20)13-7-5-6-12(10-13)11-17-15-9-4-3-8-14(15)16/h3-10,17H,11H2,1-2H3. The Kier molecular flexibility index (Phi) is 4.59. The number of nitrogens with zero attached hydrogens (tertiary/aromatic N) is 1. The Bertz CT molecular complexity index is 730. The molecule has 0 aliphatic rings. The summed E-state index contributed by atoms with van der Waals surface area (Å²) in [5.41, 5.74) is 1.15. The van der Waals surface area contributed by atoms with Crippen molar-refractivity contribution in [1.82, 2.24) is 4.31 Å². The Morgan fingerprint density at radius 1 is 1.10 bits per heavy atom. The van der Waals surface area contributed by atoms with Crippen molar-refractivity contribution >= 4 is 15.7 Å². The van der Waals surface area contributed by atoms with Gasteiger partial charge in [-0.05, 0) is 29.8 Å². The highest BCUT2D eigenvalue weighted by atomic mass is 32.2. The number of hydrogen-bond acceptors (Lipinski definition) is 3. The molecule has 112 valence electrons. The number of hydrogen-bond donors (Lipinski definition) is 1. The summed E-state index contributed by atoms with van der Waals surface area (Å²) in [4.78, 5) is 0.223. The molecule has 0 aliphatic carbocycles. The first-order valence-electron chi connectivity index (χ1n) is 6.41. The van der Waals surface area contributed by atoms with Crippen molar-refractivity contribution in [2.24, 2.45) is 0 Å². The van der Waals surface area contributed by atoms with Crippen molar-refractivity contribution in [2.75, 3.05) is 19.4 Å². The van der Waals surface area contributed by atoms with Gasteiger partial charge in [0.25, 0.3) is 0 Å². The normalized spacial score (nSPS) is 11.6. The summed E-state index contributed by atoms with van der Waals surface area (Å²) in [6.45, 7) is 0.345. The van der Waals surface area contributed by atoms with Crippen LogP contribution in [0, 0.1) is 5.82 Å². The average Bonchev–Trinajstić information content (AvgIpc) is 2.46. The third-order valence-electron chi connectivity index (χ3n) is 3.03. The minimum atomic E-state index is -3.46. The van der Waals surface area contributed by atoms with Gasteiger partial charge in [-0.1, -0.05) is 24.3 Å². The maximum absolute atomic E-state index is 13.5. The van der Waals surface area contributed by atoms with E-state index in [1.165, 1.54) is 20.2 Å². The molecule has 21 heavy (non-hydrogen) atoms. The van der Waals surface area contributed by atoms with Crippen LogP contribution < -0.4 is 5.32 Å². The van der Waals surface area contributed by atoms with Gasteiger partial charge in [-0.15, -0.1) is 0 Å². The molecular weight excluding hydrogens is 291 g/mol. The molecule has 0 unspecified atom stereocenters. The predicted octanol–water partition coefficient (Wildman–Crippen LogP) is 2.69. The van der Waals surface area contributed by atoms with E-state index in [2.05, 4.69) is 5.32 Å². The van der Waals surface area contributed by atoms with Crippen LogP contribution in [-0.2, 0) is 16.6 Å². The van der Waals surface area contributed by atoms with E-state index >= 15 is 0 Å². The zero-order valence-electron chi connectivity index (χ0n) is 11.9. The second kappa shape index (κ2) is 6.24.